The first-order valence-electron chi connectivity index (χ1n) is 10.2. The van der Waals surface area contributed by atoms with Crippen LogP contribution in [0.5, 0.6) is 5.75 Å². The molecule has 2 N–H and O–H groups in total. The maximum absolute atomic E-state index is 12.2. The summed E-state index contributed by atoms with van der Waals surface area (Å²) >= 11 is 0. The van der Waals surface area contributed by atoms with Crippen molar-refractivity contribution >= 4 is 23.9 Å². The van der Waals surface area contributed by atoms with E-state index in [2.05, 4.69) is 10.6 Å². The summed E-state index contributed by atoms with van der Waals surface area (Å²) in [5.41, 5.74) is 3.56. The fourth-order valence-electron chi connectivity index (χ4n) is 3.36. The predicted molar refractivity (Wildman–Crippen MR) is 119 cm³/mol. The molecule has 0 unspecified atom stereocenters. The van der Waals surface area contributed by atoms with Crippen LogP contribution in [0.3, 0.4) is 0 Å². The van der Waals surface area contributed by atoms with Gasteiger partial charge in [-0.3, -0.25) is 20.2 Å². The van der Waals surface area contributed by atoms with E-state index < -0.39 is 17.8 Å². The Balaban J connectivity index is 1.81. The summed E-state index contributed by atoms with van der Waals surface area (Å²) in [6.07, 6.45) is 4.09. The van der Waals surface area contributed by atoms with Crippen LogP contribution in [-0.4, -0.2) is 34.2 Å². The number of carbonyl (C=O) groups excluding carboxylic acids is 3. The van der Waals surface area contributed by atoms with Crippen LogP contribution in [0.25, 0.3) is 23.0 Å². The Labute approximate surface area is 184 Å². The van der Waals surface area contributed by atoms with Crippen molar-refractivity contribution in [3.8, 4) is 22.7 Å². The summed E-state index contributed by atoms with van der Waals surface area (Å²) in [4.78, 5) is 35.9. The maximum atomic E-state index is 12.2. The number of aromatic nitrogens is 2. The molecule has 1 saturated heterocycles. The van der Waals surface area contributed by atoms with Gasteiger partial charge in [0.25, 0.3) is 11.8 Å². The highest BCUT2D eigenvalue weighted by molar-refractivity contribution is 6.31. The van der Waals surface area contributed by atoms with Crippen LogP contribution in [0, 0.1) is 6.92 Å². The van der Waals surface area contributed by atoms with Crippen molar-refractivity contribution in [2.75, 3.05) is 6.61 Å². The molecule has 0 atom stereocenters. The Morgan fingerprint density at radius 1 is 1.03 bits per heavy atom. The Bertz CT molecular complexity index is 1210. The molecule has 8 heteroatoms. The second kappa shape index (κ2) is 8.89. The number of urea groups is 1. The summed E-state index contributed by atoms with van der Waals surface area (Å²) in [6.45, 7) is 4.63. The van der Waals surface area contributed by atoms with Gasteiger partial charge in [-0.25, -0.2) is 9.48 Å². The maximum Gasteiger partial charge on any atom is 0.328 e. The third-order valence-corrected chi connectivity index (χ3v) is 4.92. The van der Waals surface area contributed by atoms with E-state index in [-0.39, 0.29) is 5.57 Å². The summed E-state index contributed by atoms with van der Waals surface area (Å²) in [7, 11) is 0. The standard InChI is InChI=1S/C24H22N4O4/c1-3-11-32-20-10-9-16(12-15(20)2)21-17(13-19-22(29)25-24(31)26-23(19)30)14-28(27-21)18-7-5-4-6-8-18/h4-10,12-14H,3,11H2,1-2H3,(H2,25,26,29,30,31). The number of ether oxygens (including phenoxy) is 1. The van der Waals surface area contributed by atoms with Crippen LogP contribution < -0.4 is 15.4 Å². The molecular formula is C24H22N4O4. The molecule has 2 heterocycles. The van der Waals surface area contributed by atoms with E-state index in [4.69, 9.17) is 9.84 Å². The summed E-state index contributed by atoms with van der Waals surface area (Å²) in [5.74, 6) is -0.712. The number of para-hydroxylation sites is 1. The lowest BCUT2D eigenvalue weighted by Crippen LogP contribution is -2.51. The van der Waals surface area contributed by atoms with Gasteiger partial charge in [0.05, 0.1) is 18.0 Å². The monoisotopic (exact) mass is 430 g/mol. The molecule has 8 nitrogen and oxygen atoms in total. The predicted octanol–water partition coefficient (Wildman–Crippen LogP) is 3.39. The van der Waals surface area contributed by atoms with Crippen molar-refractivity contribution in [1.29, 1.82) is 0 Å². The minimum absolute atomic E-state index is 0.168. The topological polar surface area (TPSA) is 102 Å². The largest absolute Gasteiger partial charge is 0.493 e. The van der Waals surface area contributed by atoms with Gasteiger partial charge in [-0.1, -0.05) is 25.1 Å². The van der Waals surface area contributed by atoms with Gasteiger partial charge in [0.15, 0.2) is 0 Å². The van der Waals surface area contributed by atoms with Gasteiger partial charge in [0.2, 0.25) is 0 Å². The average molecular weight is 430 g/mol. The number of imide groups is 2. The van der Waals surface area contributed by atoms with Gasteiger partial charge in [-0.05, 0) is 55.3 Å². The van der Waals surface area contributed by atoms with Crippen molar-refractivity contribution in [3.63, 3.8) is 0 Å². The van der Waals surface area contributed by atoms with Crippen molar-refractivity contribution in [2.24, 2.45) is 0 Å². The van der Waals surface area contributed by atoms with E-state index in [9.17, 15) is 14.4 Å². The smallest absolute Gasteiger partial charge is 0.328 e. The van der Waals surface area contributed by atoms with Crippen molar-refractivity contribution in [1.82, 2.24) is 20.4 Å². The molecule has 0 radical (unpaired) electrons. The van der Waals surface area contributed by atoms with E-state index in [0.29, 0.717) is 17.9 Å². The zero-order valence-electron chi connectivity index (χ0n) is 17.7. The summed E-state index contributed by atoms with van der Waals surface area (Å²) < 4.78 is 7.45. The fraction of sp³-hybridized carbons (Fsp3) is 0.167. The number of nitrogens with one attached hydrogen (secondary N) is 2. The number of barbiturate groups is 1. The zero-order chi connectivity index (χ0) is 22.7. The molecule has 32 heavy (non-hydrogen) atoms. The van der Waals surface area contributed by atoms with Crippen LogP contribution >= 0.6 is 0 Å². The highest BCUT2D eigenvalue weighted by Gasteiger charge is 2.28. The van der Waals surface area contributed by atoms with Crippen molar-refractivity contribution in [3.05, 3.63) is 71.4 Å². The summed E-state index contributed by atoms with van der Waals surface area (Å²) in [5, 5.41) is 8.90. The SMILES string of the molecule is CCCOc1ccc(-c2nn(-c3ccccc3)cc2C=C2C(=O)NC(=O)NC2=O)cc1C. The van der Waals surface area contributed by atoms with E-state index >= 15 is 0 Å². The number of carbonyl (C=O) groups is 3. The number of benzene rings is 2. The van der Waals surface area contributed by atoms with Crippen LogP contribution in [0.1, 0.15) is 24.5 Å². The van der Waals surface area contributed by atoms with Crippen LogP contribution in [0.2, 0.25) is 0 Å². The lowest BCUT2D eigenvalue weighted by Gasteiger charge is -2.14. The van der Waals surface area contributed by atoms with Crippen LogP contribution in [0.15, 0.2) is 60.3 Å². The molecule has 162 valence electrons. The molecule has 4 amide bonds. The normalized spacial score (nSPS) is 13.6. The molecule has 4 rings (SSSR count). The first kappa shape index (κ1) is 21.0. The van der Waals surface area contributed by atoms with E-state index in [1.807, 2.05) is 62.4 Å². The number of amides is 4. The Morgan fingerprint density at radius 2 is 1.75 bits per heavy atom. The Morgan fingerprint density at radius 3 is 2.41 bits per heavy atom. The third kappa shape index (κ3) is 4.29. The fourth-order valence-corrected chi connectivity index (χ4v) is 3.36. The molecule has 3 aromatic rings. The molecule has 0 spiro atoms. The van der Waals surface area contributed by atoms with Crippen LogP contribution in [0.4, 0.5) is 4.79 Å². The number of rotatable bonds is 6. The molecule has 0 aliphatic carbocycles. The third-order valence-electron chi connectivity index (χ3n) is 4.92. The molecule has 0 saturated carbocycles. The second-order valence-electron chi connectivity index (χ2n) is 7.34. The first-order chi connectivity index (χ1) is 15.5. The molecule has 0 bridgehead atoms. The quantitative estimate of drug-likeness (QED) is 0.461. The number of aryl methyl sites for hydroxylation is 1. The van der Waals surface area contributed by atoms with E-state index in [1.165, 1.54) is 6.08 Å². The van der Waals surface area contributed by atoms with Crippen LogP contribution in [-0.2, 0) is 9.59 Å². The number of hydrogen-bond donors (Lipinski definition) is 2. The van der Waals surface area contributed by atoms with E-state index in [0.717, 1.165) is 29.0 Å². The van der Waals surface area contributed by atoms with Gasteiger partial charge in [0.1, 0.15) is 11.3 Å². The Kier molecular flexibility index (Phi) is 5.85. The first-order valence-corrected chi connectivity index (χ1v) is 10.2. The van der Waals surface area contributed by atoms with Crippen molar-refractivity contribution < 1.29 is 19.1 Å². The number of hydrogen-bond acceptors (Lipinski definition) is 5. The zero-order valence-corrected chi connectivity index (χ0v) is 17.7. The van der Waals surface area contributed by atoms with Gasteiger partial charge in [-0.15, -0.1) is 0 Å². The second-order valence-corrected chi connectivity index (χ2v) is 7.34. The highest BCUT2D eigenvalue weighted by atomic mass is 16.5. The molecule has 1 fully saturated rings. The molecular weight excluding hydrogens is 408 g/mol. The van der Waals surface area contributed by atoms with Gasteiger partial charge in [0, 0.05) is 17.3 Å². The Hall–Kier alpha value is -4.20. The number of nitrogens with zero attached hydrogens (tertiary/aromatic N) is 2. The average Bonchev–Trinajstić information content (AvgIpc) is 3.20. The van der Waals surface area contributed by atoms with Gasteiger partial charge >= 0.3 is 6.03 Å². The minimum atomic E-state index is -0.837. The van der Waals surface area contributed by atoms with Crippen molar-refractivity contribution in [2.45, 2.75) is 20.3 Å². The summed E-state index contributed by atoms with van der Waals surface area (Å²) in [6, 6.07) is 14.4. The van der Waals surface area contributed by atoms with Gasteiger partial charge in [-0.2, -0.15) is 5.10 Å². The molecule has 1 aliphatic rings. The van der Waals surface area contributed by atoms with Gasteiger partial charge < -0.3 is 4.74 Å². The lowest BCUT2D eigenvalue weighted by molar-refractivity contribution is -0.123. The highest BCUT2D eigenvalue weighted by Crippen LogP contribution is 2.30. The molecule has 1 aromatic heterocycles. The molecule has 2 aromatic carbocycles. The minimum Gasteiger partial charge on any atom is -0.493 e. The molecule has 1 aliphatic heterocycles. The van der Waals surface area contributed by atoms with E-state index in [1.54, 1.807) is 10.9 Å². The lowest BCUT2D eigenvalue weighted by atomic mass is 10.0.